The second-order valence-corrected chi connectivity index (χ2v) is 9.53. The summed E-state index contributed by atoms with van der Waals surface area (Å²) < 4.78 is 24.3. The van der Waals surface area contributed by atoms with Gasteiger partial charge in [0.2, 0.25) is 0 Å². The highest BCUT2D eigenvalue weighted by atomic mass is 79.9. The van der Waals surface area contributed by atoms with Crippen molar-refractivity contribution < 1.29 is 18.9 Å². The van der Waals surface area contributed by atoms with Crippen molar-refractivity contribution in [3.8, 4) is 23.0 Å². The molecule has 0 fully saturated rings. The quantitative estimate of drug-likeness (QED) is 0.109. The third-order valence-electron chi connectivity index (χ3n) is 4.31. The van der Waals surface area contributed by atoms with Crippen LogP contribution in [-0.4, -0.2) is 50.1 Å². The van der Waals surface area contributed by atoms with Gasteiger partial charge in [0, 0.05) is 0 Å². The highest BCUT2D eigenvalue weighted by Crippen LogP contribution is 2.37. The summed E-state index contributed by atoms with van der Waals surface area (Å²) in [6, 6.07) is 7.30. The summed E-state index contributed by atoms with van der Waals surface area (Å²) in [6.07, 6.45) is 4.66. The summed E-state index contributed by atoms with van der Waals surface area (Å²) in [5, 5.41) is 8.06. The van der Waals surface area contributed by atoms with Gasteiger partial charge in [-0.3, -0.25) is 10.9 Å². The number of nitrogens with one attached hydrogen (secondary N) is 2. The predicted molar refractivity (Wildman–Crippen MR) is 157 cm³/mol. The Labute approximate surface area is 237 Å². The summed E-state index contributed by atoms with van der Waals surface area (Å²) in [5.41, 5.74) is 17.3. The van der Waals surface area contributed by atoms with E-state index in [0.29, 0.717) is 36.2 Å². The molecule has 10 nitrogen and oxygen atoms in total. The molecule has 0 aliphatic carbocycles. The Kier molecular flexibility index (Phi) is 12.7. The molecule has 2 aromatic carbocycles. The van der Waals surface area contributed by atoms with E-state index < -0.39 is 0 Å². The van der Waals surface area contributed by atoms with Crippen molar-refractivity contribution in [2.45, 2.75) is 12.8 Å². The van der Waals surface area contributed by atoms with Crippen LogP contribution in [0.3, 0.4) is 0 Å². The number of nitrogens with zero attached hydrogens (tertiary/aromatic N) is 2. The van der Waals surface area contributed by atoms with Crippen molar-refractivity contribution >= 4 is 78.9 Å². The number of rotatable bonds is 13. The van der Waals surface area contributed by atoms with E-state index in [-0.39, 0.29) is 10.2 Å². The zero-order valence-corrected chi connectivity index (χ0v) is 24.4. The number of benzene rings is 2. The second kappa shape index (κ2) is 15.4. The number of hydrazone groups is 2. The monoisotopic (exact) mass is 660 g/mol. The first-order chi connectivity index (χ1) is 17.2. The molecule has 0 unspecified atom stereocenters. The highest BCUT2D eigenvalue weighted by molar-refractivity contribution is 9.11. The summed E-state index contributed by atoms with van der Waals surface area (Å²) >= 11 is 16.5. The average Bonchev–Trinajstić information content (AvgIpc) is 2.82. The molecule has 0 radical (unpaired) electrons. The summed E-state index contributed by atoms with van der Waals surface area (Å²) in [7, 11) is 3.14. The van der Waals surface area contributed by atoms with E-state index in [2.05, 4.69) is 52.9 Å². The van der Waals surface area contributed by atoms with Crippen LogP contribution in [0.1, 0.15) is 24.0 Å². The first-order valence-corrected chi connectivity index (χ1v) is 12.8. The van der Waals surface area contributed by atoms with Crippen LogP contribution in [0.5, 0.6) is 23.0 Å². The maximum atomic E-state index is 5.95. The number of hydrogen-bond acceptors (Lipinski definition) is 8. The Morgan fingerprint density at radius 2 is 1.19 bits per heavy atom. The zero-order valence-electron chi connectivity index (χ0n) is 19.5. The molecule has 36 heavy (non-hydrogen) atoms. The lowest BCUT2D eigenvalue weighted by Crippen LogP contribution is -2.24. The van der Waals surface area contributed by atoms with Crippen LogP contribution in [0, 0.1) is 0 Å². The summed E-state index contributed by atoms with van der Waals surface area (Å²) in [5.74, 6) is 2.34. The van der Waals surface area contributed by atoms with E-state index in [9.17, 15) is 0 Å². The standard InChI is InChI=1S/C22H26Br2N6O4S2/c1-31-17-9-13(11-27-29-21(25)35)7-15(23)19(17)33-5-3-4-6-34-20-16(24)8-14(10-18(20)32-2)12-28-30-22(26)36/h7-12H,3-6H2,1-2H3,(H3,25,29,35)(H3,26,30,36). The molecule has 0 amide bonds. The number of ether oxygens (including phenoxy) is 4. The largest absolute Gasteiger partial charge is 0.493 e. The number of methoxy groups -OCH3 is 2. The molecule has 0 heterocycles. The lowest BCUT2D eigenvalue weighted by Gasteiger charge is -2.15. The third-order valence-corrected chi connectivity index (χ3v) is 5.67. The van der Waals surface area contributed by atoms with E-state index in [4.69, 9.17) is 54.9 Å². The third kappa shape index (κ3) is 9.76. The molecule has 0 saturated carbocycles. The normalized spacial score (nSPS) is 10.9. The van der Waals surface area contributed by atoms with Crippen molar-refractivity contribution in [1.82, 2.24) is 10.9 Å². The number of halogens is 2. The van der Waals surface area contributed by atoms with E-state index in [1.54, 1.807) is 38.8 Å². The smallest absolute Gasteiger partial charge is 0.184 e. The van der Waals surface area contributed by atoms with Crippen molar-refractivity contribution in [1.29, 1.82) is 0 Å². The van der Waals surface area contributed by atoms with Crippen LogP contribution in [0.25, 0.3) is 0 Å². The van der Waals surface area contributed by atoms with E-state index in [0.717, 1.165) is 32.9 Å². The molecule has 0 aliphatic rings. The molecule has 2 aromatic rings. The zero-order chi connectivity index (χ0) is 26.5. The minimum Gasteiger partial charge on any atom is -0.493 e. The average molecular weight is 662 g/mol. The number of nitrogens with two attached hydrogens (primary N) is 2. The van der Waals surface area contributed by atoms with Gasteiger partial charge in [-0.05, 0) is 105 Å². The molecule has 0 spiro atoms. The fraction of sp³-hybridized carbons (Fsp3) is 0.273. The lowest BCUT2D eigenvalue weighted by molar-refractivity contribution is 0.250. The highest BCUT2D eigenvalue weighted by Gasteiger charge is 2.13. The van der Waals surface area contributed by atoms with Crippen LogP contribution in [0.15, 0.2) is 43.4 Å². The van der Waals surface area contributed by atoms with Gasteiger partial charge in [-0.25, -0.2) is 0 Å². The summed E-state index contributed by atoms with van der Waals surface area (Å²) in [6.45, 7) is 0.941. The predicted octanol–water partition coefficient (Wildman–Crippen LogP) is 3.80. The molecular weight excluding hydrogens is 636 g/mol. The lowest BCUT2D eigenvalue weighted by atomic mass is 10.2. The van der Waals surface area contributed by atoms with Crippen molar-refractivity contribution in [2.24, 2.45) is 21.7 Å². The number of hydrogen-bond donors (Lipinski definition) is 4. The number of unbranched alkanes of at least 4 members (excludes halogenated alkanes) is 1. The van der Waals surface area contributed by atoms with E-state index >= 15 is 0 Å². The molecule has 2 rings (SSSR count). The Balaban J connectivity index is 1.89. The second-order valence-electron chi connectivity index (χ2n) is 6.94. The molecule has 0 atom stereocenters. The van der Waals surface area contributed by atoms with Gasteiger partial charge in [0.1, 0.15) is 0 Å². The Morgan fingerprint density at radius 1 is 0.806 bits per heavy atom. The molecule has 0 saturated heterocycles. The molecule has 0 aliphatic heterocycles. The van der Waals surface area contributed by atoms with Gasteiger partial charge >= 0.3 is 0 Å². The van der Waals surface area contributed by atoms with Crippen LogP contribution >= 0.6 is 56.3 Å². The van der Waals surface area contributed by atoms with E-state index in [1.165, 1.54) is 0 Å². The summed E-state index contributed by atoms with van der Waals surface area (Å²) in [4.78, 5) is 0. The van der Waals surface area contributed by atoms with Gasteiger partial charge in [-0.2, -0.15) is 10.2 Å². The molecule has 14 heteroatoms. The van der Waals surface area contributed by atoms with Crippen LogP contribution in [-0.2, 0) is 0 Å². The molecule has 0 aromatic heterocycles. The minimum atomic E-state index is 0.0832. The van der Waals surface area contributed by atoms with Gasteiger partial charge in [-0.15, -0.1) is 0 Å². The van der Waals surface area contributed by atoms with Gasteiger partial charge in [0.05, 0.1) is 48.8 Å². The van der Waals surface area contributed by atoms with Crippen molar-refractivity contribution in [3.63, 3.8) is 0 Å². The van der Waals surface area contributed by atoms with E-state index in [1.807, 2.05) is 12.1 Å². The Hall–Kier alpha value is -2.68. The Morgan fingerprint density at radius 3 is 1.53 bits per heavy atom. The maximum absolute atomic E-state index is 5.95. The first-order valence-electron chi connectivity index (χ1n) is 10.4. The first kappa shape index (κ1) is 29.5. The topological polar surface area (TPSA) is 138 Å². The molecule has 194 valence electrons. The van der Waals surface area contributed by atoms with Gasteiger partial charge in [0.25, 0.3) is 0 Å². The Bertz CT molecular complexity index is 1050. The van der Waals surface area contributed by atoms with Crippen molar-refractivity contribution in [2.75, 3.05) is 27.4 Å². The van der Waals surface area contributed by atoms with Gasteiger partial charge in [0.15, 0.2) is 33.2 Å². The SMILES string of the molecule is COc1cc(C=NNC(N)=S)cc(Br)c1OCCCCOc1c(Br)cc(C=NNC(N)=S)cc1OC. The fourth-order valence-corrected chi connectivity index (χ4v) is 4.06. The maximum Gasteiger partial charge on any atom is 0.184 e. The molecule has 6 N–H and O–H groups in total. The van der Waals surface area contributed by atoms with Crippen LogP contribution in [0.4, 0.5) is 0 Å². The molecule has 0 bridgehead atoms. The molecular formula is C22H26Br2N6O4S2. The number of thiocarbonyl (C=S) groups is 2. The van der Waals surface area contributed by atoms with Gasteiger partial charge in [-0.1, -0.05) is 0 Å². The van der Waals surface area contributed by atoms with Crippen molar-refractivity contribution in [3.05, 3.63) is 44.3 Å². The van der Waals surface area contributed by atoms with Crippen LogP contribution < -0.4 is 41.3 Å². The fourth-order valence-electron chi connectivity index (χ4n) is 2.80. The minimum absolute atomic E-state index is 0.0832. The van der Waals surface area contributed by atoms with Gasteiger partial charge < -0.3 is 30.4 Å². The van der Waals surface area contributed by atoms with Crippen LogP contribution in [0.2, 0.25) is 0 Å².